The van der Waals surface area contributed by atoms with Crippen LogP contribution in [0.25, 0.3) is 0 Å². The van der Waals surface area contributed by atoms with E-state index in [4.69, 9.17) is 14.5 Å². The first-order valence-electron chi connectivity index (χ1n) is 9.82. The van der Waals surface area contributed by atoms with Crippen LogP contribution in [0, 0.1) is 0 Å². The number of hydrogen-bond acceptors (Lipinski definition) is 4. The minimum Gasteiger partial charge on any atom is -0.493 e. The second kappa shape index (κ2) is 9.78. The van der Waals surface area contributed by atoms with E-state index in [0.717, 1.165) is 16.7 Å². The van der Waals surface area contributed by atoms with Crippen LogP contribution in [0.5, 0.6) is 11.5 Å². The third-order valence-electron chi connectivity index (χ3n) is 4.75. The molecule has 1 N–H and O–H groups in total. The van der Waals surface area contributed by atoms with Gasteiger partial charge in [-0.15, -0.1) is 0 Å². The molecule has 0 fully saturated rings. The van der Waals surface area contributed by atoms with E-state index < -0.39 is 0 Å². The number of methoxy groups -OCH3 is 2. The van der Waals surface area contributed by atoms with Gasteiger partial charge in [-0.3, -0.25) is 9.79 Å². The predicted octanol–water partition coefficient (Wildman–Crippen LogP) is 4.44. The molecular formula is C24H27N3O3. The van der Waals surface area contributed by atoms with Gasteiger partial charge in [-0.2, -0.15) is 0 Å². The first kappa shape index (κ1) is 21.2. The van der Waals surface area contributed by atoms with Gasteiger partial charge in [0.25, 0.3) is 5.91 Å². The van der Waals surface area contributed by atoms with Crippen LogP contribution in [-0.2, 0) is 6.54 Å². The van der Waals surface area contributed by atoms with Crippen LogP contribution in [0.4, 0.5) is 5.69 Å². The maximum Gasteiger partial charge on any atom is 0.255 e. The summed E-state index contributed by atoms with van der Waals surface area (Å²) in [5, 5.41) is 2.99. The van der Waals surface area contributed by atoms with Crippen molar-refractivity contribution in [3.63, 3.8) is 0 Å². The van der Waals surface area contributed by atoms with Crippen LogP contribution in [0.2, 0.25) is 0 Å². The summed E-state index contributed by atoms with van der Waals surface area (Å²) < 4.78 is 12.7. The fourth-order valence-corrected chi connectivity index (χ4v) is 3.14. The molecule has 0 spiro atoms. The average Bonchev–Trinajstić information content (AvgIpc) is 2.78. The molecule has 2 aromatic carbocycles. The number of para-hydroxylation sites is 1. The van der Waals surface area contributed by atoms with E-state index in [1.54, 1.807) is 32.4 Å². The maximum atomic E-state index is 12.8. The van der Waals surface area contributed by atoms with E-state index >= 15 is 0 Å². The fourth-order valence-electron chi connectivity index (χ4n) is 3.14. The first-order valence-corrected chi connectivity index (χ1v) is 9.82. The van der Waals surface area contributed by atoms with E-state index in [9.17, 15) is 4.79 Å². The maximum absolute atomic E-state index is 12.8. The van der Waals surface area contributed by atoms with Gasteiger partial charge in [-0.1, -0.05) is 24.3 Å². The lowest BCUT2D eigenvalue weighted by atomic mass is 10.1. The largest absolute Gasteiger partial charge is 0.493 e. The topological polar surface area (TPSA) is 64.8 Å². The highest BCUT2D eigenvalue weighted by Gasteiger charge is 2.12. The van der Waals surface area contributed by atoms with Gasteiger partial charge in [0.05, 0.1) is 20.8 Å². The summed E-state index contributed by atoms with van der Waals surface area (Å²) in [7, 11) is 3.11. The minimum atomic E-state index is -0.222. The molecule has 0 aliphatic heterocycles. The highest BCUT2D eigenvalue weighted by Crippen LogP contribution is 2.28. The quantitative estimate of drug-likeness (QED) is 0.632. The molecule has 3 aromatic rings. The van der Waals surface area contributed by atoms with Crippen LogP contribution < -0.4 is 20.3 Å². The molecule has 0 aliphatic rings. The fraction of sp³-hybridized carbons (Fsp3) is 0.250. The SMILES string of the molecule is COc1ccc(C(=O)Nc2ccccc2CN=c2ccccn2C(C)C)cc1OC. The van der Waals surface area contributed by atoms with E-state index in [1.807, 2.05) is 48.7 Å². The molecule has 0 bridgehead atoms. The molecule has 0 aliphatic carbocycles. The molecule has 1 amide bonds. The van der Waals surface area contributed by atoms with Crippen LogP contribution in [-0.4, -0.2) is 24.7 Å². The molecule has 3 rings (SSSR count). The van der Waals surface area contributed by atoms with Crippen molar-refractivity contribution in [1.82, 2.24) is 4.57 Å². The summed E-state index contributed by atoms with van der Waals surface area (Å²) >= 11 is 0. The summed E-state index contributed by atoms with van der Waals surface area (Å²) in [5.41, 5.74) is 3.05. The first-order chi connectivity index (χ1) is 14.5. The van der Waals surface area contributed by atoms with Crippen molar-refractivity contribution in [2.75, 3.05) is 19.5 Å². The van der Waals surface area contributed by atoms with E-state index in [2.05, 4.69) is 23.7 Å². The van der Waals surface area contributed by atoms with Gasteiger partial charge in [0.15, 0.2) is 11.5 Å². The van der Waals surface area contributed by atoms with E-state index in [0.29, 0.717) is 29.6 Å². The number of nitrogens with one attached hydrogen (secondary N) is 1. The number of rotatable bonds is 7. The molecule has 0 saturated heterocycles. The Labute approximate surface area is 176 Å². The van der Waals surface area contributed by atoms with E-state index in [-0.39, 0.29) is 5.91 Å². The highest BCUT2D eigenvalue weighted by atomic mass is 16.5. The van der Waals surface area contributed by atoms with Crippen molar-refractivity contribution >= 4 is 11.6 Å². The van der Waals surface area contributed by atoms with Crippen molar-refractivity contribution in [2.45, 2.75) is 26.4 Å². The Hall–Kier alpha value is -3.54. The molecular weight excluding hydrogens is 378 g/mol. The number of ether oxygens (including phenoxy) is 2. The standard InChI is InChI=1S/C24H27N3O3/c1-17(2)27-14-8-7-11-23(27)25-16-19-9-5-6-10-20(19)26-24(28)18-12-13-21(29-3)22(15-18)30-4/h5-15,17H,16H2,1-4H3,(H,26,28). The Morgan fingerprint density at radius 1 is 1.00 bits per heavy atom. The number of hydrogen-bond donors (Lipinski definition) is 1. The third-order valence-corrected chi connectivity index (χ3v) is 4.75. The monoisotopic (exact) mass is 405 g/mol. The Bertz CT molecular complexity index is 1090. The lowest BCUT2D eigenvalue weighted by molar-refractivity contribution is 0.102. The Balaban J connectivity index is 1.84. The Kier molecular flexibility index (Phi) is 6.91. The lowest BCUT2D eigenvalue weighted by Crippen LogP contribution is -2.21. The Morgan fingerprint density at radius 3 is 2.47 bits per heavy atom. The summed E-state index contributed by atoms with van der Waals surface area (Å²) in [4.78, 5) is 17.6. The van der Waals surface area contributed by atoms with Crippen molar-refractivity contribution in [1.29, 1.82) is 0 Å². The predicted molar refractivity (Wildman–Crippen MR) is 118 cm³/mol. The van der Waals surface area contributed by atoms with Crippen LogP contribution in [0.1, 0.15) is 35.8 Å². The molecule has 0 atom stereocenters. The van der Waals surface area contributed by atoms with Gasteiger partial charge >= 0.3 is 0 Å². The summed E-state index contributed by atoms with van der Waals surface area (Å²) in [6.45, 7) is 4.70. The molecule has 1 aromatic heterocycles. The number of aromatic nitrogens is 1. The number of pyridine rings is 1. The summed E-state index contributed by atoms with van der Waals surface area (Å²) in [5.74, 6) is 0.866. The van der Waals surface area contributed by atoms with Gasteiger partial charge < -0.3 is 19.4 Å². The van der Waals surface area contributed by atoms with Gasteiger partial charge in [-0.25, -0.2) is 0 Å². The van der Waals surface area contributed by atoms with Crippen molar-refractivity contribution in [3.8, 4) is 11.5 Å². The van der Waals surface area contributed by atoms with E-state index in [1.165, 1.54) is 0 Å². The van der Waals surface area contributed by atoms with Crippen LogP contribution >= 0.6 is 0 Å². The normalized spacial score (nSPS) is 11.4. The number of amides is 1. The molecule has 6 heteroatoms. The molecule has 30 heavy (non-hydrogen) atoms. The zero-order chi connectivity index (χ0) is 21.5. The van der Waals surface area contributed by atoms with Gasteiger partial charge in [0, 0.05) is 23.5 Å². The number of anilines is 1. The number of carbonyl (C=O) groups excluding carboxylic acids is 1. The smallest absolute Gasteiger partial charge is 0.255 e. The van der Waals surface area contributed by atoms with Crippen LogP contribution in [0.3, 0.4) is 0 Å². The Morgan fingerprint density at radius 2 is 1.73 bits per heavy atom. The number of benzene rings is 2. The number of nitrogens with zero attached hydrogens (tertiary/aromatic N) is 2. The summed E-state index contributed by atoms with van der Waals surface area (Å²) in [6.07, 6.45) is 2.02. The van der Waals surface area contributed by atoms with Crippen molar-refractivity contribution in [3.05, 3.63) is 83.5 Å². The molecule has 0 unspecified atom stereocenters. The molecule has 156 valence electrons. The zero-order valence-corrected chi connectivity index (χ0v) is 17.8. The average molecular weight is 405 g/mol. The molecule has 0 radical (unpaired) electrons. The van der Waals surface area contributed by atoms with Crippen molar-refractivity contribution in [2.24, 2.45) is 4.99 Å². The minimum absolute atomic E-state index is 0.222. The van der Waals surface area contributed by atoms with Gasteiger partial charge in [-0.05, 0) is 55.8 Å². The second-order valence-corrected chi connectivity index (χ2v) is 7.06. The molecule has 0 saturated carbocycles. The molecule has 1 heterocycles. The second-order valence-electron chi connectivity index (χ2n) is 7.06. The molecule has 6 nitrogen and oxygen atoms in total. The highest BCUT2D eigenvalue weighted by molar-refractivity contribution is 6.05. The summed E-state index contributed by atoms with van der Waals surface area (Å²) in [6, 6.07) is 19.0. The zero-order valence-electron chi connectivity index (χ0n) is 17.8. The van der Waals surface area contributed by atoms with Gasteiger partial charge in [0.1, 0.15) is 5.49 Å². The van der Waals surface area contributed by atoms with Gasteiger partial charge in [0.2, 0.25) is 0 Å². The van der Waals surface area contributed by atoms with Crippen molar-refractivity contribution < 1.29 is 14.3 Å². The lowest BCUT2D eigenvalue weighted by Gasteiger charge is -2.13. The number of carbonyl (C=O) groups is 1. The van der Waals surface area contributed by atoms with Crippen LogP contribution in [0.15, 0.2) is 71.9 Å². The third kappa shape index (κ3) is 4.89.